The van der Waals surface area contributed by atoms with Gasteiger partial charge in [0.25, 0.3) is 0 Å². The summed E-state index contributed by atoms with van der Waals surface area (Å²) in [7, 11) is -3.89. The molecule has 0 bridgehead atoms. The number of sulfone groups is 1. The Morgan fingerprint density at radius 1 is 0.962 bits per heavy atom. The van der Waals surface area contributed by atoms with Crippen LogP contribution in [0.5, 0.6) is 0 Å². The van der Waals surface area contributed by atoms with Crippen LogP contribution in [-0.4, -0.2) is 19.7 Å². The van der Waals surface area contributed by atoms with E-state index < -0.39 is 26.4 Å². The Hall–Kier alpha value is -3.11. The molecule has 3 rings (SSSR count). The predicted molar refractivity (Wildman–Crippen MR) is 92.8 cm³/mol. The van der Waals surface area contributed by atoms with Gasteiger partial charge in [-0.2, -0.15) is 5.26 Å². The van der Waals surface area contributed by atoms with Crippen LogP contribution >= 0.6 is 0 Å². The fourth-order valence-corrected chi connectivity index (χ4v) is 3.33. The normalized spacial score (nSPS) is 11.2. The standard InChI is InChI=1S/C19H12F2N2O2S/c1-26(24,25)19-9-17(20)15(8-18(19)21)16-11-23-7-6-14(16)13-4-2-12(10-22)3-5-13/h2-9,11H,1H3. The SMILES string of the molecule is CS(=O)(=O)c1cc(F)c(-c2cnccc2-c2ccc(C#N)cc2)cc1F. The van der Waals surface area contributed by atoms with E-state index in [1.165, 1.54) is 12.4 Å². The van der Waals surface area contributed by atoms with Crippen molar-refractivity contribution in [2.45, 2.75) is 4.90 Å². The molecule has 26 heavy (non-hydrogen) atoms. The molecule has 4 nitrogen and oxygen atoms in total. The van der Waals surface area contributed by atoms with Gasteiger partial charge in [0.05, 0.1) is 11.6 Å². The zero-order valence-corrected chi connectivity index (χ0v) is 14.4. The Balaban J connectivity index is 2.20. The molecule has 0 fully saturated rings. The van der Waals surface area contributed by atoms with Crippen molar-refractivity contribution in [3.8, 4) is 28.3 Å². The molecule has 0 spiro atoms. The average Bonchev–Trinajstić information content (AvgIpc) is 2.62. The van der Waals surface area contributed by atoms with Crippen LogP contribution in [0, 0.1) is 23.0 Å². The third kappa shape index (κ3) is 3.32. The second kappa shape index (κ2) is 6.65. The lowest BCUT2D eigenvalue weighted by Gasteiger charge is -2.12. The molecule has 1 aromatic heterocycles. The first-order valence-corrected chi connectivity index (χ1v) is 9.34. The van der Waals surface area contributed by atoms with Crippen LogP contribution in [0.3, 0.4) is 0 Å². The fraction of sp³-hybridized carbons (Fsp3) is 0.0526. The molecular weight excluding hydrogens is 358 g/mol. The van der Waals surface area contributed by atoms with E-state index in [4.69, 9.17) is 5.26 Å². The molecule has 0 amide bonds. The summed E-state index contributed by atoms with van der Waals surface area (Å²) in [6, 6.07) is 11.8. The number of rotatable bonds is 3. The molecule has 0 unspecified atom stereocenters. The van der Waals surface area contributed by atoms with Crippen molar-refractivity contribution in [2.24, 2.45) is 0 Å². The number of hydrogen-bond donors (Lipinski definition) is 0. The van der Waals surface area contributed by atoms with Crippen molar-refractivity contribution in [1.29, 1.82) is 5.26 Å². The van der Waals surface area contributed by atoms with Gasteiger partial charge in [0.2, 0.25) is 0 Å². The van der Waals surface area contributed by atoms with Crippen molar-refractivity contribution < 1.29 is 17.2 Å². The Morgan fingerprint density at radius 2 is 1.65 bits per heavy atom. The average molecular weight is 370 g/mol. The van der Waals surface area contributed by atoms with Gasteiger partial charge in [-0.1, -0.05) is 12.1 Å². The van der Waals surface area contributed by atoms with Gasteiger partial charge in [-0.3, -0.25) is 4.98 Å². The molecule has 0 atom stereocenters. The number of halogens is 2. The van der Waals surface area contributed by atoms with E-state index in [-0.39, 0.29) is 5.56 Å². The number of nitriles is 1. The summed E-state index contributed by atoms with van der Waals surface area (Å²) in [6.45, 7) is 0. The van der Waals surface area contributed by atoms with E-state index in [2.05, 4.69) is 4.98 Å². The number of benzene rings is 2. The van der Waals surface area contributed by atoms with Gasteiger partial charge in [-0.15, -0.1) is 0 Å². The van der Waals surface area contributed by atoms with E-state index in [1.807, 2.05) is 6.07 Å². The Morgan fingerprint density at radius 3 is 2.27 bits per heavy atom. The minimum absolute atomic E-state index is 0.0950. The lowest BCUT2D eigenvalue weighted by Crippen LogP contribution is -2.03. The van der Waals surface area contributed by atoms with Gasteiger partial charge in [0.15, 0.2) is 9.84 Å². The monoisotopic (exact) mass is 370 g/mol. The molecule has 0 aliphatic carbocycles. The largest absolute Gasteiger partial charge is 0.264 e. The molecular formula is C19H12F2N2O2S. The van der Waals surface area contributed by atoms with Crippen LogP contribution < -0.4 is 0 Å². The molecule has 0 N–H and O–H groups in total. The summed E-state index contributed by atoms with van der Waals surface area (Å²) in [5, 5.41) is 8.89. The minimum Gasteiger partial charge on any atom is -0.264 e. The lowest BCUT2D eigenvalue weighted by atomic mass is 9.95. The van der Waals surface area contributed by atoms with Crippen molar-refractivity contribution >= 4 is 9.84 Å². The van der Waals surface area contributed by atoms with Gasteiger partial charge < -0.3 is 0 Å². The van der Waals surface area contributed by atoms with Crippen LogP contribution in [0.25, 0.3) is 22.3 Å². The third-order valence-electron chi connectivity index (χ3n) is 3.86. The number of aromatic nitrogens is 1. The molecule has 0 radical (unpaired) electrons. The van der Waals surface area contributed by atoms with Crippen molar-refractivity contribution in [1.82, 2.24) is 4.98 Å². The summed E-state index contributed by atoms with van der Waals surface area (Å²) in [5.41, 5.74) is 1.96. The topological polar surface area (TPSA) is 70.8 Å². The van der Waals surface area contributed by atoms with E-state index in [0.717, 1.165) is 12.3 Å². The van der Waals surface area contributed by atoms with E-state index in [0.29, 0.717) is 28.3 Å². The second-order valence-corrected chi connectivity index (χ2v) is 7.63. The van der Waals surface area contributed by atoms with Crippen LogP contribution in [0.1, 0.15) is 5.56 Å². The minimum atomic E-state index is -3.89. The second-order valence-electron chi connectivity index (χ2n) is 5.65. The van der Waals surface area contributed by atoms with Crippen molar-refractivity contribution in [3.63, 3.8) is 0 Å². The van der Waals surface area contributed by atoms with Gasteiger partial charge >= 0.3 is 0 Å². The summed E-state index contributed by atoms with van der Waals surface area (Å²) < 4.78 is 51.9. The van der Waals surface area contributed by atoms with Crippen molar-refractivity contribution in [3.05, 3.63) is 72.1 Å². The number of hydrogen-bond acceptors (Lipinski definition) is 4. The molecule has 0 saturated heterocycles. The summed E-state index contributed by atoms with van der Waals surface area (Å²) >= 11 is 0. The van der Waals surface area contributed by atoms with Gasteiger partial charge in [-0.25, -0.2) is 17.2 Å². The highest BCUT2D eigenvalue weighted by Gasteiger charge is 2.20. The maximum atomic E-state index is 14.6. The Bertz CT molecular complexity index is 1140. The smallest absolute Gasteiger partial charge is 0.178 e. The van der Waals surface area contributed by atoms with Gasteiger partial charge in [0.1, 0.15) is 16.5 Å². The maximum Gasteiger partial charge on any atom is 0.178 e. The molecule has 2 aromatic carbocycles. The highest BCUT2D eigenvalue weighted by atomic mass is 32.2. The summed E-state index contributed by atoms with van der Waals surface area (Å²) in [4.78, 5) is 3.27. The first-order chi connectivity index (χ1) is 12.3. The summed E-state index contributed by atoms with van der Waals surface area (Å²) in [5.74, 6) is -1.90. The van der Waals surface area contributed by atoms with Crippen molar-refractivity contribution in [2.75, 3.05) is 6.26 Å². The highest BCUT2D eigenvalue weighted by molar-refractivity contribution is 7.90. The predicted octanol–water partition coefficient (Wildman–Crippen LogP) is 3.97. The molecule has 1 heterocycles. The van der Waals surface area contributed by atoms with Crippen LogP contribution in [0.2, 0.25) is 0 Å². The number of pyridine rings is 1. The zero-order chi connectivity index (χ0) is 18.9. The Labute approximate surface area is 149 Å². The molecule has 0 saturated carbocycles. The van der Waals surface area contributed by atoms with Crippen LogP contribution in [0.15, 0.2) is 59.8 Å². The van der Waals surface area contributed by atoms with Crippen LogP contribution in [-0.2, 0) is 9.84 Å². The van der Waals surface area contributed by atoms with E-state index in [9.17, 15) is 17.2 Å². The van der Waals surface area contributed by atoms with E-state index >= 15 is 0 Å². The summed E-state index contributed by atoms with van der Waals surface area (Å²) in [6.07, 6.45) is 3.71. The van der Waals surface area contributed by atoms with Gasteiger partial charge in [-0.05, 0) is 41.5 Å². The van der Waals surface area contributed by atoms with Gasteiger partial charge in [0, 0.05) is 29.8 Å². The first-order valence-electron chi connectivity index (χ1n) is 7.45. The molecule has 130 valence electrons. The quantitative estimate of drug-likeness (QED) is 0.699. The first kappa shape index (κ1) is 17.7. The van der Waals surface area contributed by atoms with Crippen LogP contribution in [0.4, 0.5) is 8.78 Å². The molecule has 7 heteroatoms. The Kier molecular flexibility index (Phi) is 4.53. The molecule has 3 aromatic rings. The zero-order valence-electron chi connectivity index (χ0n) is 13.6. The lowest BCUT2D eigenvalue weighted by molar-refractivity contribution is 0.557. The van der Waals surface area contributed by atoms with E-state index in [1.54, 1.807) is 30.3 Å². The number of nitrogens with zero attached hydrogens (tertiary/aromatic N) is 2. The fourth-order valence-electron chi connectivity index (χ4n) is 2.60. The highest BCUT2D eigenvalue weighted by Crippen LogP contribution is 2.34. The molecule has 0 aliphatic heterocycles. The molecule has 0 aliphatic rings. The maximum absolute atomic E-state index is 14.6. The third-order valence-corrected chi connectivity index (χ3v) is 4.97.